The number of ether oxygens (including phenoxy) is 1. The van der Waals surface area contributed by atoms with E-state index >= 15 is 0 Å². The first kappa shape index (κ1) is 13.2. The fraction of sp³-hybridized carbons (Fsp3) is 0.0769. The number of nitrogens with zero attached hydrogens (tertiary/aromatic N) is 2. The van der Waals surface area contributed by atoms with Gasteiger partial charge in [0.1, 0.15) is 5.75 Å². The average Bonchev–Trinajstić information content (AvgIpc) is 2.90. The van der Waals surface area contributed by atoms with Gasteiger partial charge in [0, 0.05) is 18.5 Å². The molecule has 3 aromatic rings. The number of fused-ring (bicyclic) bond motifs is 1. The Bertz CT molecular complexity index is 838. The topological polar surface area (TPSA) is 59.9 Å². The lowest BCUT2D eigenvalue weighted by Gasteiger charge is -2.09. The number of H-pyrrole nitrogens is 1. The summed E-state index contributed by atoms with van der Waals surface area (Å²) in [5.74, 6) is -0.215. The standard InChI is InChI=1S/C13H8F3N3O2/c14-13(15,16)21-8-3-4-9-10(7-8)17-12(18-11(9)20)19-5-1-2-6-19/h1-7H,(H,17,18,20). The highest BCUT2D eigenvalue weighted by molar-refractivity contribution is 5.79. The molecule has 0 atom stereocenters. The van der Waals surface area contributed by atoms with Gasteiger partial charge in [-0.1, -0.05) is 0 Å². The lowest BCUT2D eigenvalue weighted by Crippen LogP contribution is -2.17. The van der Waals surface area contributed by atoms with Crippen LogP contribution in [0.3, 0.4) is 0 Å². The number of rotatable bonds is 2. The second-order valence-corrected chi connectivity index (χ2v) is 4.21. The number of benzene rings is 1. The molecule has 2 heterocycles. The number of nitrogens with one attached hydrogen (secondary N) is 1. The lowest BCUT2D eigenvalue weighted by atomic mass is 10.2. The van der Waals surface area contributed by atoms with Gasteiger partial charge in [-0.3, -0.25) is 14.3 Å². The van der Waals surface area contributed by atoms with Crippen LogP contribution in [0.5, 0.6) is 5.75 Å². The maximum absolute atomic E-state index is 12.2. The fourth-order valence-electron chi connectivity index (χ4n) is 1.90. The zero-order chi connectivity index (χ0) is 15.0. The number of aromatic amines is 1. The van der Waals surface area contributed by atoms with Crippen LogP contribution in [-0.4, -0.2) is 20.9 Å². The first-order valence-electron chi connectivity index (χ1n) is 5.85. The van der Waals surface area contributed by atoms with Gasteiger partial charge in [0.2, 0.25) is 5.95 Å². The molecule has 21 heavy (non-hydrogen) atoms. The van der Waals surface area contributed by atoms with Crippen LogP contribution in [0.1, 0.15) is 0 Å². The van der Waals surface area contributed by atoms with Gasteiger partial charge < -0.3 is 4.74 Å². The van der Waals surface area contributed by atoms with Crippen molar-refractivity contribution >= 4 is 10.9 Å². The van der Waals surface area contributed by atoms with E-state index in [9.17, 15) is 18.0 Å². The minimum Gasteiger partial charge on any atom is -0.406 e. The van der Waals surface area contributed by atoms with E-state index in [0.29, 0.717) is 0 Å². The average molecular weight is 295 g/mol. The van der Waals surface area contributed by atoms with E-state index in [1.807, 2.05) is 0 Å². The summed E-state index contributed by atoms with van der Waals surface area (Å²) in [5, 5.41) is 0.181. The third kappa shape index (κ3) is 2.73. The van der Waals surface area contributed by atoms with E-state index in [1.54, 1.807) is 24.5 Å². The van der Waals surface area contributed by atoms with E-state index in [1.165, 1.54) is 10.6 Å². The smallest absolute Gasteiger partial charge is 0.406 e. The van der Waals surface area contributed by atoms with Crippen LogP contribution in [0.4, 0.5) is 13.2 Å². The summed E-state index contributed by atoms with van der Waals surface area (Å²) in [7, 11) is 0. The Hall–Kier alpha value is -2.77. The number of halogens is 3. The summed E-state index contributed by atoms with van der Waals surface area (Å²) in [5.41, 5.74) is -0.327. The normalized spacial score (nSPS) is 11.8. The molecule has 0 aliphatic carbocycles. The predicted molar refractivity (Wildman–Crippen MR) is 68.4 cm³/mol. The molecule has 0 aliphatic heterocycles. The van der Waals surface area contributed by atoms with E-state index in [4.69, 9.17) is 0 Å². The molecule has 0 saturated heterocycles. The van der Waals surface area contributed by atoms with Gasteiger partial charge >= 0.3 is 6.36 Å². The second kappa shape index (κ2) is 4.65. The Balaban J connectivity index is 2.13. The van der Waals surface area contributed by atoms with Crippen molar-refractivity contribution in [3.8, 4) is 11.7 Å². The van der Waals surface area contributed by atoms with Crippen LogP contribution < -0.4 is 10.3 Å². The second-order valence-electron chi connectivity index (χ2n) is 4.21. The van der Waals surface area contributed by atoms with Gasteiger partial charge in [-0.15, -0.1) is 13.2 Å². The molecular formula is C13H8F3N3O2. The van der Waals surface area contributed by atoms with Gasteiger partial charge in [0.05, 0.1) is 10.9 Å². The van der Waals surface area contributed by atoms with Crippen LogP contribution in [0.15, 0.2) is 47.5 Å². The number of hydrogen-bond acceptors (Lipinski definition) is 3. The van der Waals surface area contributed by atoms with Crippen LogP contribution in [0, 0.1) is 0 Å². The van der Waals surface area contributed by atoms with Crippen molar-refractivity contribution in [1.82, 2.24) is 14.5 Å². The summed E-state index contributed by atoms with van der Waals surface area (Å²) in [6, 6.07) is 6.84. The highest BCUT2D eigenvalue weighted by Crippen LogP contribution is 2.24. The molecule has 1 N–H and O–H groups in total. The van der Waals surface area contributed by atoms with Crippen molar-refractivity contribution in [2.24, 2.45) is 0 Å². The summed E-state index contributed by atoms with van der Waals surface area (Å²) in [6.45, 7) is 0. The van der Waals surface area contributed by atoms with Crippen LogP contribution >= 0.6 is 0 Å². The quantitative estimate of drug-likeness (QED) is 0.790. The van der Waals surface area contributed by atoms with E-state index in [-0.39, 0.29) is 16.9 Å². The molecule has 0 spiro atoms. The Morgan fingerprint density at radius 3 is 2.57 bits per heavy atom. The molecule has 0 amide bonds. The van der Waals surface area contributed by atoms with Crippen molar-refractivity contribution < 1.29 is 17.9 Å². The van der Waals surface area contributed by atoms with Gasteiger partial charge in [-0.25, -0.2) is 4.98 Å². The summed E-state index contributed by atoms with van der Waals surface area (Å²) in [4.78, 5) is 18.6. The van der Waals surface area contributed by atoms with Crippen molar-refractivity contribution in [1.29, 1.82) is 0 Å². The molecule has 108 valence electrons. The van der Waals surface area contributed by atoms with Gasteiger partial charge in [0.15, 0.2) is 0 Å². The molecular weight excluding hydrogens is 287 g/mol. The minimum atomic E-state index is -4.79. The third-order valence-corrected chi connectivity index (χ3v) is 2.75. The fourth-order valence-corrected chi connectivity index (χ4v) is 1.90. The van der Waals surface area contributed by atoms with Gasteiger partial charge in [0.25, 0.3) is 5.56 Å². The number of aromatic nitrogens is 3. The molecule has 0 radical (unpaired) electrons. The maximum Gasteiger partial charge on any atom is 0.573 e. The Morgan fingerprint density at radius 2 is 1.90 bits per heavy atom. The van der Waals surface area contributed by atoms with Crippen LogP contribution in [0.25, 0.3) is 16.9 Å². The zero-order valence-corrected chi connectivity index (χ0v) is 10.4. The molecule has 0 bridgehead atoms. The molecule has 0 unspecified atom stereocenters. The summed E-state index contributed by atoms with van der Waals surface area (Å²) in [6.07, 6.45) is -1.49. The molecule has 2 aromatic heterocycles. The highest BCUT2D eigenvalue weighted by Gasteiger charge is 2.31. The maximum atomic E-state index is 12.2. The predicted octanol–water partition coefficient (Wildman–Crippen LogP) is 2.61. The van der Waals surface area contributed by atoms with Crippen molar-refractivity contribution in [3.05, 3.63) is 53.1 Å². The van der Waals surface area contributed by atoms with E-state index in [0.717, 1.165) is 12.1 Å². The monoisotopic (exact) mass is 295 g/mol. The van der Waals surface area contributed by atoms with Crippen molar-refractivity contribution in [3.63, 3.8) is 0 Å². The van der Waals surface area contributed by atoms with Gasteiger partial charge in [-0.2, -0.15) is 0 Å². The van der Waals surface area contributed by atoms with Crippen molar-refractivity contribution in [2.45, 2.75) is 6.36 Å². The zero-order valence-electron chi connectivity index (χ0n) is 10.4. The third-order valence-electron chi connectivity index (χ3n) is 2.75. The SMILES string of the molecule is O=c1[nH]c(-n2cccc2)nc2cc(OC(F)(F)F)ccc12. The van der Waals surface area contributed by atoms with E-state index < -0.39 is 17.7 Å². The van der Waals surface area contributed by atoms with Crippen LogP contribution in [0.2, 0.25) is 0 Å². The molecule has 5 nitrogen and oxygen atoms in total. The molecule has 1 aromatic carbocycles. The molecule has 0 fully saturated rings. The molecule has 8 heteroatoms. The molecule has 3 rings (SSSR count). The van der Waals surface area contributed by atoms with Gasteiger partial charge in [-0.05, 0) is 24.3 Å². The first-order chi connectivity index (χ1) is 9.92. The largest absolute Gasteiger partial charge is 0.573 e. The number of hydrogen-bond donors (Lipinski definition) is 1. The van der Waals surface area contributed by atoms with E-state index in [2.05, 4.69) is 14.7 Å². The number of alkyl halides is 3. The minimum absolute atomic E-state index is 0.115. The summed E-state index contributed by atoms with van der Waals surface area (Å²) >= 11 is 0. The lowest BCUT2D eigenvalue weighted by molar-refractivity contribution is -0.274. The van der Waals surface area contributed by atoms with Crippen LogP contribution in [-0.2, 0) is 0 Å². The first-order valence-corrected chi connectivity index (χ1v) is 5.85. The Morgan fingerprint density at radius 1 is 1.19 bits per heavy atom. The summed E-state index contributed by atoms with van der Waals surface area (Å²) < 4.78 is 42.0. The Labute approximate surface area is 115 Å². The molecule has 0 aliphatic rings. The highest BCUT2D eigenvalue weighted by atomic mass is 19.4. The van der Waals surface area contributed by atoms with Crippen molar-refractivity contribution in [2.75, 3.05) is 0 Å². The molecule has 0 saturated carbocycles. The Kier molecular flexibility index (Phi) is 2.93.